The number of nitrogens with zero attached hydrogens (tertiary/aromatic N) is 4. The van der Waals surface area contributed by atoms with Gasteiger partial charge in [0, 0.05) is 36.1 Å². The summed E-state index contributed by atoms with van der Waals surface area (Å²) in [6.45, 7) is 7.68. The Balaban J connectivity index is 1.33. The lowest BCUT2D eigenvalue weighted by atomic mass is 9.97. The zero-order valence-electron chi connectivity index (χ0n) is 18.9. The van der Waals surface area contributed by atoms with E-state index in [0.717, 1.165) is 48.2 Å². The van der Waals surface area contributed by atoms with Gasteiger partial charge < -0.3 is 25.3 Å². The molecule has 5 heterocycles. The van der Waals surface area contributed by atoms with Crippen molar-refractivity contribution in [2.75, 3.05) is 10.6 Å². The van der Waals surface area contributed by atoms with Gasteiger partial charge in [-0.2, -0.15) is 15.1 Å². The molecule has 0 spiro atoms. The van der Waals surface area contributed by atoms with Gasteiger partial charge in [0.2, 0.25) is 5.95 Å². The van der Waals surface area contributed by atoms with E-state index in [9.17, 15) is 4.79 Å². The fourth-order valence-electron chi connectivity index (χ4n) is 4.80. The summed E-state index contributed by atoms with van der Waals surface area (Å²) >= 11 is 0. The lowest BCUT2D eigenvalue weighted by molar-refractivity contribution is 0.00683. The van der Waals surface area contributed by atoms with E-state index < -0.39 is 5.60 Å². The topological polar surface area (TPSA) is 124 Å². The predicted octanol–water partition coefficient (Wildman–Crippen LogP) is 4.08. The summed E-state index contributed by atoms with van der Waals surface area (Å²) in [6, 6.07) is 4.48. The highest BCUT2D eigenvalue weighted by Crippen LogP contribution is 2.38. The molecule has 4 N–H and O–H groups in total. The number of rotatable bonds is 4. The second kappa shape index (κ2) is 7.68. The monoisotopic (exact) mass is 438 g/mol. The summed E-state index contributed by atoms with van der Waals surface area (Å²) in [5, 5.41) is 14.9. The molecule has 3 aromatic rings. The average molecular weight is 439 g/mol. The maximum absolute atomic E-state index is 12.7. The first-order chi connectivity index (χ1) is 15.2. The number of anilines is 3. The van der Waals surface area contributed by atoms with Crippen LogP contribution in [-0.2, 0) is 4.74 Å². The van der Waals surface area contributed by atoms with Crippen molar-refractivity contribution < 1.29 is 9.53 Å². The summed E-state index contributed by atoms with van der Waals surface area (Å²) in [5.74, 6) is 1.92. The summed E-state index contributed by atoms with van der Waals surface area (Å²) in [7, 11) is 0. The Morgan fingerprint density at radius 2 is 1.97 bits per heavy atom. The highest BCUT2D eigenvalue weighted by molar-refractivity contribution is 5.88. The van der Waals surface area contributed by atoms with Crippen LogP contribution in [0, 0.1) is 6.92 Å². The maximum Gasteiger partial charge on any atom is 0.410 e. The second-order valence-corrected chi connectivity index (χ2v) is 9.78. The number of H-pyrrole nitrogens is 2. The molecule has 0 radical (unpaired) electrons. The van der Waals surface area contributed by atoms with Gasteiger partial charge in [-0.3, -0.25) is 5.10 Å². The molecule has 2 fully saturated rings. The zero-order chi connectivity index (χ0) is 22.5. The van der Waals surface area contributed by atoms with Gasteiger partial charge in [-0.25, -0.2) is 4.79 Å². The SMILES string of the molecule is Cc1cc(Nc2nc(NC3C[C@H]4CC[C@@H](C3)N4C(=O)OC(C)(C)C)c3cc[nH]c3n2)n[nH]1. The molecular formula is C22H30N8O2. The Labute approximate surface area is 186 Å². The number of nitrogens with one attached hydrogen (secondary N) is 4. The first-order valence-electron chi connectivity index (χ1n) is 11.2. The first-order valence-corrected chi connectivity index (χ1v) is 11.2. The standard InChI is InChI=1S/C22H30N8O2/c1-12-9-17(29-28-12)25-20-26-18-16(7-8-23-18)19(27-20)24-13-10-14-5-6-15(11-13)30(14)21(31)32-22(2,3)4/h7-9,13-15H,5-6,10-11H2,1-4H3,(H4,23,24,25,26,27,28,29)/t13?,14-,15+. The number of ether oxygens (including phenoxy) is 1. The fraction of sp³-hybridized carbons (Fsp3) is 0.545. The van der Waals surface area contributed by atoms with E-state index in [1.54, 1.807) is 0 Å². The normalized spacial score (nSPS) is 22.9. The molecular weight excluding hydrogens is 408 g/mol. The van der Waals surface area contributed by atoms with Crippen LogP contribution < -0.4 is 10.6 Å². The molecule has 170 valence electrons. The molecule has 0 aliphatic carbocycles. The molecule has 10 nitrogen and oxygen atoms in total. The van der Waals surface area contributed by atoms with Crippen molar-refractivity contribution in [2.45, 2.75) is 77.1 Å². The highest BCUT2D eigenvalue weighted by atomic mass is 16.6. The van der Waals surface area contributed by atoms with Crippen LogP contribution in [0.2, 0.25) is 0 Å². The molecule has 2 aliphatic heterocycles. The Hall–Kier alpha value is -3.30. The Morgan fingerprint density at radius 3 is 2.62 bits per heavy atom. The maximum atomic E-state index is 12.7. The second-order valence-electron chi connectivity index (χ2n) is 9.78. The van der Waals surface area contributed by atoms with Crippen LogP contribution in [0.1, 0.15) is 52.1 Å². The molecule has 1 amide bonds. The minimum absolute atomic E-state index is 0.189. The first kappa shape index (κ1) is 20.6. The minimum Gasteiger partial charge on any atom is -0.444 e. The number of carbonyl (C=O) groups is 1. The number of aromatic amines is 2. The van der Waals surface area contributed by atoms with Crippen LogP contribution in [0.5, 0.6) is 0 Å². The number of carbonyl (C=O) groups excluding carboxylic acids is 1. The van der Waals surface area contributed by atoms with E-state index >= 15 is 0 Å². The summed E-state index contributed by atoms with van der Waals surface area (Å²) < 4.78 is 5.66. The van der Waals surface area contributed by atoms with Crippen molar-refractivity contribution in [1.29, 1.82) is 0 Å². The van der Waals surface area contributed by atoms with Crippen LogP contribution in [0.15, 0.2) is 18.3 Å². The van der Waals surface area contributed by atoms with Crippen molar-refractivity contribution in [3.63, 3.8) is 0 Å². The van der Waals surface area contributed by atoms with Gasteiger partial charge in [0.25, 0.3) is 0 Å². The van der Waals surface area contributed by atoms with E-state index in [-0.39, 0.29) is 24.2 Å². The van der Waals surface area contributed by atoms with Crippen LogP contribution in [0.25, 0.3) is 11.0 Å². The van der Waals surface area contributed by atoms with E-state index in [2.05, 4.69) is 30.8 Å². The quantitative estimate of drug-likeness (QED) is 0.484. The Bertz CT molecular complexity index is 1120. The molecule has 3 atom stereocenters. The van der Waals surface area contributed by atoms with Gasteiger partial charge in [-0.05, 0) is 59.4 Å². The molecule has 10 heteroatoms. The minimum atomic E-state index is -0.483. The average Bonchev–Trinajstić information content (AvgIpc) is 3.39. The van der Waals surface area contributed by atoms with Gasteiger partial charge >= 0.3 is 6.09 Å². The Kier molecular flexibility index (Phi) is 4.94. The fourth-order valence-corrected chi connectivity index (χ4v) is 4.80. The third-order valence-corrected chi connectivity index (χ3v) is 6.04. The summed E-state index contributed by atoms with van der Waals surface area (Å²) in [4.78, 5) is 27.2. The molecule has 0 saturated carbocycles. The number of hydrogen-bond acceptors (Lipinski definition) is 7. The third kappa shape index (κ3) is 4.09. The van der Waals surface area contributed by atoms with Crippen molar-refractivity contribution in [3.8, 4) is 0 Å². The van der Waals surface area contributed by atoms with Gasteiger partial charge in [-0.15, -0.1) is 0 Å². The molecule has 2 saturated heterocycles. The molecule has 2 bridgehead atoms. The molecule has 2 aliphatic rings. The van der Waals surface area contributed by atoms with Crippen molar-refractivity contribution in [3.05, 3.63) is 24.0 Å². The molecule has 5 rings (SSSR count). The zero-order valence-corrected chi connectivity index (χ0v) is 18.9. The van der Waals surface area contributed by atoms with Gasteiger partial charge in [0.15, 0.2) is 5.82 Å². The number of hydrogen-bond donors (Lipinski definition) is 4. The number of piperidine rings is 1. The molecule has 0 aromatic carbocycles. The number of amides is 1. The summed E-state index contributed by atoms with van der Waals surface area (Å²) in [6.07, 6.45) is 5.43. The van der Waals surface area contributed by atoms with E-state index in [4.69, 9.17) is 9.72 Å². The highest BCUT2D eigenvalue weighted by Gasteiger charge is 2.45. The van der Waals surface area contributed by atoms with Gasteiger partial charge in [0.1, 0.15) is 17.1 Å². The lowest BCUT2D eigenvalue weighted by Crippen LogP contribution is -2.51. The van der Waals surface area contributed by atoms with Crippen LogP contribution in [-0.4, -0.2) is 59.9 Å². The van der Waals surface area contributed by atoms with Gasteiger partial charge in [0.05, 0.1) is 5.39 Å². The van der Waals surface area contributed by atoms with Crippen molar-refractivity contribution in [1.82, 2.24) is 30.0 Å². The lowest BCUT2D eigenvalue weighted by Gasteiger charge is -2.39. The smallest absolute Gasteiger partial charge is 0.410 e. The van der Waals surface area contributed by atoms with E-state index in [1.165, 1.54) is 0 Å². The van der Waals surface area contributed by atoms with Crippen molar-refractivity contribution in [2.24, 2.45) is 0 Å². The molecule has 32 heavy (non-hydrogen) atoms. The molecule has 3 aromatic heterocycles. The third-order valence-electron chi connectivity index (χ3n) is 6.04. The van der Waals surface area contributed by atoms with Gasteiger partial charge in [-0.1, -0.05) is 0 Å². The van der Waals surface area contributed by atoms with E-state index in [0.29, 0.717) is 11.8 Å². The van der Waals surface area contributed by atoms with E-state index in [1.807, 2.05) is 50.9 Å². The predicted molar refractivity (Wildman–Crippen MR) is 122 cm³/mol. The number of aromatic nitrogens is 5. The number of aryl methyl sites for hydroxylation is 1. The summed E-state index contributed by atoms with van der Waals surface area (Å²) in [5.41, 5.74) is 1.23. The number of fused-ring (bicyclic) bond motifs is 3. The van der Waals surface area contributed by atoms with Crippen LogP contribution in [0.4, 0.5) is 22.4 Å². The largest absolute Gasteiger partial charge is 0.444 e. The Morgan fingerprint density at radius 1 is 1.22 bits per heavy atom. The molecule has 1 unspecified atom stereocenters. The van der Waals surface area contributed by atoms with Crippen LogP contribution in [0.3, 0.4) is 0 Å². The van der Waals surface area contributed by atoms with Crippen LogP contribution >= 0.6 is 0 Å². The van der Waals surface area contributed by atoms with Crippen molar-refractivity contribution >= 4 is 34.7 Å².